The van der Waals surface area contributed by atoms with Gasteiger partial charge in [-0.3, -0.25) is 0 Å². The number of aromatic nitrogens is 4. The van der Waals surface area contributed by atoms with E-state index in [4.69, 9.17) is 5.73 Å². The largest absolute Gasteiger partial charge is 0.399 e. The Kier molecular flexibility index (Phi) is 4.18. The van der Waals surface area contributed by atoms with E-state index in [9.17, 15) is 0 Å². The molecule has 0 saturated heterocycles. The van der Waals surface area contributed by atoms with Crippen molar-refractivity contribution in [1.82, 2.24) is 20.2 Å². The Morgan fingerprint density at radius 3 is 3.05 bits per heavy atom. The third-order valence-corrected chi connectivity index (χ3v) is 4.47. The van der Waals surface area contributed by atoms with Crippen molar-refractivity contribution < 1.29 is 0 Å². The zero-order valence-corrected chi connectivity index (χ0v) is 12.6. The fourth-order valence-corrected chi connectivity index (χ4v) is 3.37. The number of nitrogen functional groups attached to an aromatic ring is 1. The van der Waals surface area contributed by atoms with Gasteiger partial charge in [-0.2, -0.15) is 0 Å². The van der Waals surface area contributed by atoms with Crippen LogP contribution in [0.3, 0.4) is 0 Å². The molecule has 1 fully saturated rings. The zero-order valence-electron chi connectivity index (χ0n) is 12.6. The average molecular weight is 285 g/mol. The third-order valence-electron chi connectivity index (χ3n) is 4.47. The minimum Gasteiger partial charge on any atom is -0.399 e. The van der Waals surface area contributed by atoms with E-state index in [0.717, 1.165) is 41.9 Å². The maximum Gasteiger partial charge on any atom is 0.182 e. The van der Waals surface area contributed by atoms with E-state index in [2.05, 4.69) is 22.4 Å². The molecule has 5 nitrogen and oxygen atoms in total. The van der Waals surface area contributed by atoms with Crippen LogP contribution in [0.25, 0.3) is 11.4 Å². The predicted octanol–water partition coefficient (Wildman–Crippen LogP) is 3.14. The summed E-state index contributed by atoms with van der Waals surface area (Å²) in [6.45, 7) is 3.25. The van der Waals surface area contributed by atoms with Gasteiger partial charge in [0.05, 0.1) is 0 Å². The summed E-state index contributed by atoms with van der Waals surface area (Å²) in [4.78, 5) is 0. The van der Waals surface area contributed by atoms with Gasteiger partial charge in [0.25, 0.3) is 0 Å². The molecule has 1 heterocycles. The number of benzene rings is 1. The lowest BCUT2D eigenvalue weighted by molar-refractivity contribution is 0.258. The minimum atomic E-state index is 0.739. The topological polar surface area (TPSA) is 69.6 Å². The molecule has 21 heavy (non-hydrogen) atoms. The van der Waals surface area contributed by atoms with E-state index < -0.39 is 0 Å². The lowest BCUT2D eigenvalue weighted by atomic mass is 9.81. The van der Waals surface area contributed by atoms with Gasteiger partial charge in [0, 0.05) is 17.8 Å². The molecule has 1 aliphatic carbocycles. The molecular formula is C16H23N5. The lowest BCUT2D eigenvalue weighted by Crippen LogP contribution is -2.16. The Morgan fingerprint density at radius 1 is 1.33 bits per heavy atom. The van der Waals surface area contributed by atoms with Gasteiger partial charge in [-0.25, -0.2) is 4.68 Å². The third kappa shape index (κ3) is 3.40. The predicted molar refractivity (Wildman–Crippen MR) is 83.4 cm³/mol. The van der Waals surface area contributed by atoms with Crippen LogP contribution in [-0.2, 0) is 6.54 Å². The van der Waals surface area contributed by atoms with Gasteiger partial charge < -0.3 is 5.73 Å². The molecule has 0 radical (unpaired) electrons. The Hall–Kier alpha value is -1.91. The van der Waals surface area contributed by atoms with Crippen LogP contribution in [0.2, 0.25) is 0 Å². The molecule has 0 amide bonds. The number of hydrogen-bond acceptors (Lipinski definition) is 4. The SMILES string of the molecule is CC1CCCC(CCn2nnnc2-c2cccc(N)c2)C1. The van der Waals surface area contributed by atoms with Crippen LogP contribution >= 0.6 is 0 Å². The lowest BCUT2D eigenvalue weighted by Gasteiger charge is -2.26. The molecule has 1 aromatic heterocycles. The Morgan fingerprint density at radius 2 is 2.24 bits per heavy atom. The molecule has 0 bridgehead atoms. The smallest absolute Gasteiger partial charge is 0.182 e. The second-order valence-corrected chi connectivity index (χ2v) is 6.28. The van der Waals surface area contributed by atoms with Crippen molar-refractivity contribution >= 4 is 5.69 Å². The van der Waals surface area contributed by atoms with Crippen LogP contribution in [0.1, 0.15) is 39.0 Å². The molecule has 0 aliphatic heterocycles. The van der Waals surface area contributed by atoms with Gasteiger partial charge in [0.2, 0.25) is 0 Å². The first-order valence-corrected chi connectivity index (χ1v) is 7.84. The van der Waals surface area contributed by atoms with E-state index in [1.54, 1.807) is 0 Å². The number of nitrogens with two attached hydrogens (primary N) is 1. The highest BCUT2D eigenvalue weighted by atomic mass is 15.5. The fraction of sp³-hybridized carbons (Fsp3) is 0.562. The molecule has 1 aliphatic rings. The molecule has 112 valence electrons. The Bertz CT molecular complexity index is 592. The first-order chi connectivity index (χ1) is 10.2. The second kappa shape index (κ2) is 6.24. The van der Waals surface area contributed by atoms with E-state index in [1.807, 2.05) is 28.9 Å². The summed E-state index contributed by atoms with van der Waals surface area (Å²) in [6.07, 6.45) is 6.60. The quantitative estimate of drug-likeness (QED) is 0.876. The Balaban J connectivity index is 1.68. The number of aryl methyl sites for hydroxylation is 1. The van der Waals surface area contributed by atoms with Gasteiger partial charge in [-0.15, -0.1) is 5.10 Å². The number of anilines is 1. The molecule has 2 unspecified atom stereocenters. The van der Waals surface area contributed by atoms with Crippen molar-refractivity contribution in [2.24, 2.45) is 11.8 Å². The molecular weight excluding hydrogens is 262 g/mol. The molecule has 2 N–H and O–H groups in total. The second-order valence-electron chi connectivity index (χ2n) is 6.28. The van der Waals surface area contributed by atoms with Crippen molar-refractivity contribution in [1.29, 1.82) is 0 Å². The van der Waals surface area contributed by atoms with Crippen molar-refractivity contribution in [3.63, 3.8) is 0 Å². The van der Waals surface area contributed by atoms with Gasteiger partial charge in [-0.1, -0.05) is 38.3 Å². The average Bonchev–Trinajstić information content (AvgIpc) is 2.94. The maximum atomic E-state index is 5.84. The summed E-state index contributed by atoms with van der Waals surface area (Å²) in [5.41, 5.74) is 7.57. The van der Waals surface area contributed by atoms with Crippen LogP contribution in [0.4, 0.5) is 5.69 Å². The highest BCUT2D eigenvalue weighted by molar-refractivity contribution is 5.60. The fourth-order valence-electron chi connectivity index (χ4n) is 3.37. The number of rotatable bonds is 4. The number of tetrazole rings is 1. The van der Waals surface area contributed by atoms with E-state index in [-0.39, 0.29) is 0 Å². The zero-order chi connectivity index (χ0) is 14.7. The van der Waals surface area contributed by atoms with Crippen molar-refractivity contribution in [3.05, 3.63) is 24.3 Å². The monoisotopic (exact) mass is 285 g/mol. The summed E-state index contributed by atoms with van der Waals surface area (Å²) in [5.74, 6) is 2.49. The molecule has 2 atom stereocenters. The molecule has 1 aromatic carbocycles. The van der Waals surface area contributed by atoms with E-state index >= 15 is 0 Å². The molecule has 1 saturated carbocycles. The van der Waals surface area contributed by atoms with Crippen molar-refractivity contribution in [2.75, 3.05) is 5.73 Å². The normalized spacial score (nSPS) is 22.3. The van der Waals surface area contributed by atoms with Crippen LogP contribution in [0.15, 0.2) is 24.3 Å². The van der Waals surface area contributed by atoms with Crippen LogP contribution < -0.4 is 5.73 Å². The van der Waals surface area contributed by atoms with Gasteiger partial charge in [-0.05, 0) is 47.2 Å². The van der Waals surface area contributed by atoms with E-state index in [0.29, 0.717) is 0 Å². The first kappa shape index (κ1) is 14.0. The standard InChI is InChI=1S/C16H23N5/c1-12-4-2-5-13(10-12)8-9-21-16(18-19-20-21)14-6-3-7-15(17)11-14/h3,6-7,11-13H,2,4-5,8-10,17H2,1H3. The van der Waals surface area contributed by atoms with Crippen molar-refractivity contribution in [2.45, 2.75) is 45.6 Å². The summed E-state index contributed by atoms with van der Waals surface area (Å²) in [6, 6.07) is 7.74. The summed E-state index contributed by atoms with van der Waals surface area (Å²) in [7, 11) is 0. The van der Waals surface area contributed by atoms with Crippen LogP contribution in [0, 0.1) is 11.8 Å². The highest BCUT2D eigenvalue weighted by Gasteiger charge is 2.19. The molecule has 2 aromatic rings. The Labute approximate surface area is 125 Å². The number of hydrogen-bond donors (Lipinski definition) is 1. The highest BCUT2D eigenvalue weighted by Crippen LogP contribution is 2.31. The van der Waals surface area contributed by atoms with Crippen LogP contribution in [-0.4, -0.2) is 20.2 Å². The van der Waals surface area contributed by atoms with Gasteiger partial charge in [0.1, 0.15) is 0 Å². The summed E-state index contributed by atoms with van der Waals surface area (Å²) >= 11 is 0. The van der Waals surface area contributed by atoms with Crippen molar-refractivity contribution in [3.8, 4) is 11.4 Å². The molecule has 3 rings (SSSR count). The van der Waals surface area contributed by atoms with E-state index in [1.165, 1.54) is 25.7 Å². The maximum absolute atomic E-state index is 5.84. The molecule has 5 heteroatoms. The summed E-state index contributed by atoms with van der Waals surface area (Å²) in [5, 5.41) is 12.1. The van der Waals surface area contributed by atoms with Gasteiger partial charge >= 0.3 is 0 Å². The minimum absolute atomic E-state index is 0.739. The molecule has 0 spiro atoms. The first-order valence-electron chi connectivity index (χ1n) is 7.84. The summed E-state index contributed by atoms with van der Waals surface area (Å²) < 4.78 is 1.91. The van der Waals surface area contributed by atoms with Gasteiger partial charge in [0.15, 0.2) is 5.82 Å². The van der Waals surface area contributed by atoms with Crippen LogP contribution in [0.5, 0.6) is 0 Å². The number of nitrogens with zero attached hydrogens (tertiary/aromatic N) is 4.